The third-order valence-corrected chi connectivity index (χ3v) is 5.33. The molecule has 0 saturated carbocycles. The number of Topliss-reactive ketones (excluding diaryl/α,β-unsaturated/α-hetero) is 1. The van der Waals surface area contributed by atoms with E-state index < -0.39 is 17.7 Å². The van der Waals surface area contributed by atoms with Gasteiger partial charge in [0.25, 0.3) is 11.7 Å². The molecule has 0 aliphatic carbocycles. The van der Waals surface area contributed by atoms with Crippen LogP contribution in [0.15, 0.2) is 70.9 Å². The lowest BCUT2D eigenvalue weighted by Gasteiger charge is -2.23. The van der Waals surface area contributed by atoms with Gasteiger partial charge in [-0.15, -0.1) is 0 Å². The van der Waals surface area contributed by atoms with Crippen LogP contribution < -0.4 is 14.4 Å². The Hall–Kier alpha value is -3.71. The van der Waals surface area contributed by atoms with Crippen LogP contribution in [0.4, 0.5) is 5.69 Å². The van der Waals surface area contributed by atoms with Gasteiger partial charge in [-0.3, -0.25) is 14.5 Å². The molecule has 1 unspecified atom stereocenters. The van der Waals surface area contributed by atoms with E-state index in [1.165, 1.54) is 31.4 Å². The average molecular weight is 440 g/mol. The highest BCUT2D eigenvalue weighted by Crippen LogP contribution is 2.43. The first-order valence-electron chi connectivity index (χ1n) is 9.28. The van der Waals surface area contributed by atoms with E-state index in [1.807, 2.05) is 0 Å². The lowest BCUT2D eigenvalue weighted by Crippen LogP contribution is -2.29. The zero-order valence-corrected chi connectivity index (χ0v) is 17.4. The van der Waals surface area contributed by atoms with Crippen LogP contribution in [0.2, 0.25) is 5.02 Å². The number of hydrogen-bond donors (Lipinski definition) is 1. The minimum atomic E-state index is -0.971. The zero-order chi connectivity index (χ0) is 22.1. The SMILES string of the molecule is COc1ccc(/C(O)=C2/C(=O)C(=O)N(c3ccc(OC)c(Cl)c3)C2c2ccco2)cc1. The summed E-state index contributed by atoms with van der Waals surface area (Å²) < 4.78 is 15.8. The number of rotatable bonds is 5. The van der Waals surface area contributed by atoms with Crippen molar-refractivity contribution in [3.63, 3.8) is 0 Å². The molecule has 1 aliphatic heterocycles. The number of ketones is 1. The summed E-state index contributed by atoms with van der Waals surface area (Å²) in [6.45, 7) is 0. The van der Waals surface area contributed by atoms with Gasteiger partial charge in [0, 0.05) is 11.3 Å². The van der Waals surface area contributed by atoms with E-state index in [0.29, 0.717) is 28.5 Å². The summed E-state index contributed by atoms with van der Waals surface area (Å²) in [6, 6.07) is 13.5. The second kappa shape index (κ2) is 8.20. The van der Waals surface area contributed by atoms with Crippen molar-refractivity contribution in [2.75, 3.05) is 19.1 Å². The molecule has 1 aromatic heterocycles. The highest BCUT2D eigenvalue weighted by molar-refractivity contribution is 6.51. The zero-order valence-electron chi connectivity index (χ0n) is 16.7. The molecule has 0 spiro atoms. The van der Waals surface area contributed by atoms with E-state index in [-0.39, 0.29) is 16.4 Å². The smallest absolute Gasteiger partial charge is 0.300 e. The van der Waals surface area contributed by atoms with Gasteiger partial charge in [-0.05, 0) is 54.6 Å². The van der Waals surface area contributed by atoms with Crippen molar-refractivity contribution in [2.24, 2.45) is 0 Å². The number of carbonyl (C=O) groups excluding carboxylic acids is 2. The normalized spacial score (nSPS) is 17.8. The summed E-state index contributed by atoms with van der Waals surface area (Å²) in [4.78, 5) is 27.3. The molecule has 1 N–H and O–H groups in total. The minimum Gasteiger partial charge on any atom is -0.507 e. The topological polar surface area (TPSA) is 89.2 Å². The average Bonchev–Trinajstić information content (AvgIpc) is 3.40. The van der Waals surface area contributed by atoms with Crippen molar-refractivity contribution in [3.8, 4) is 11.5 Å². The molecule has 7 nitrogen and oxygen atoms in total. The lowest BCUT2D eigenvalue weighted by atomic mass is 9.99. The molecular formula is C23H18ClNO6. The van der Waals surface area contributed by atoms with Crippen molar-refractivity contribution in [1.82, 2.24) is 0 Å². The number of methoxy groups -OCH3 is 2. The number of nitrogens with zero attached hydrogens (tertiary/aromatic N) is 1. The van der Waals surface area contributed by atoms with Gasteiger partial charge in [-0.2, -0.15) is 0 Å². The lowest BCUT2D eigenvalue weighted by molar-refractivity contribution is -0.132. The monoisotopic (exact) mass is 439 g/mol. The molecule has 31 heavy (non-hydrogen) atoms. The van der Waals surface area contributed by atoms with Gasteiger partial charge in [-0.25, -0.2) is 0 Å². The van der Waals surface area contributed by atoms with E-state index >= 15 is 0 Å². The highest BCUT2D eigenvalue weighted by atomic mass is 35.5. The maximum Gasteiger partial charge on any atom is 0.300 e. The fourth-order valence-electron chi connectivity index (χ4n) is 3.52. The molecule has 158 valence electrons. The fourth-order valence-corrected chi connectivity index (χ4v) is 3.78. The Bertz CT molecular complexity index is 1170. The van der Waals surface area contributed by atoms with Gasteiger partial charge >= 0.3 is 0 Å². The second-order valence-corrected chi connectivity index (χ2v) is 7.14. The molecule has 3 aromatic rings. The molecule has 1 saturated heterocycles. The molecule has 2 aromatic carbocycles. The molecule has 1 fully saturated rings. The molecular weight excluding hydrogens is 422 g/mol. The first kappa shape index (κ1) is 20.6. The quantitative estimate of drug-likeness (QED) is 0.355. The van der Waals surface area contributed by atoms with E-state index in [9.17, 15) is 14.7 Å². The molecule has 4 rings (SSSR count). The minimum absolute atomic E-state index is 0.0861. The third-order valence-electron chi connectivity index (χ3n) is 5.03. The Morgan fingerprint density at radius 3 is 2.39 bits per heavy atom. The summed E-state index contributed by atoms with van der Waals surface area (Å²) in [5.74, 6) is -0.618. The van der Waals surface area contributed by atoms with Crippen LogP contribution in [0.5, 0.6) is 11.5 Å². The Morgan fingerprint density at radius 2 is 1.81 bits per heavy atom. The third kappa shape index (κ3) is 3.53. The summed E-state index contributed by atoms with van der Waals surface area (Å²) in [6.07, 6.45) is 1.43. The predicted octanol–water partition coefficient (Wildman–Crippen LogP) is 4.58. The molecule has 1 atom stereocenters. The van der Waals surface area contributed by atoms with Gasteiger partial charge < -0.3 is 19.0 Å². The Balaban J connectivity index is 1.88. The van der Waals surface area contributed by atoms with Crippen molar-refractivity contribution in [1.29, 1.82) is 0 Å². The predicted molar refractivity (Wildman–Crippen MR) is 114 cm³/mol. The van der Waals surface area contributed by atoms with E-state index in [1.54, 1.807) is 48.5 Å². The van der Waals surface area contributed by atoms with Crippen molar-refractivity contribution < 1.29 is 28.6 Å². The van der Waals surface area contributed by atoms with Crippen molar-refractivity contribution >= 4 is 34.7 Å². The number of aliphatic hydroxyl groups is 1. The van der Waals surface area contributed by atoms with Crippen LogP contribution in [0.1, 0.15) is 17.4 Å². The molecule has 1 aliphatic rings. The standard InChI is InChI=1S/C23H18ClNO6/c1-29-15-8-5-13(6-9-15)21(26)19-20(18-4-3-11-31-18)25(23(28)22(19)27)14-7-10-17(30-2)16(24)12-14/h3-12,20,26H,1-2H3/b21-19-. The number of aliphatic hydroxyl groups excluding tert-OH is 1. The van der Waals surface area contributed by atoms with Gasteiger partial charge in [-0.1, -0.05) is 11.6 Å². The van der Waals surface area contributed by atoms with Gasteiger partial charge in [0.2, 0.25) is 0 Å². The number of hydrogen-bond acceptors (Lipinski definition) is 6. The van der Waals surface area contributed by atoms with Crippen LogP contribution >= 0.6 is 11.6 Å². The summed E-state index contributed by atoms with van der Waals surface area (Å²) in [5.41, 5.74) is 0.642. The fraction of sp³-hybridized carbons (Fsp3) is 0.130. The molecule has 0 radical (unpaired) electrons. The van der Waals surface area contributed by atoms with Crippen LogP contribution in [-0.4, -0.2) is 31.0 Å². The van der Waals surface area contributed by atoms with Gasteiger partial charge in [0.15, 0.2) is 0 Å². The molecule has 1 amide bonds. The summed E-state index contributed by atoms with van der Waals surface area (Å²) in [7, 11) is 3.00. The number of amides is 1. The second-order valence-electron chi connectivity index (χ2n) is 6.73. The first-order valence-corrected chi connectivity index (χ1v) is 9.66. The summed E-state index contributed by atoms with van der Waals surface area (Å²) >= 11 is 6.24. The number of carbonyl (C=O) groups is 2. The van der Waals surface area contributed by atoms with Crippen molar-refractivity contribution in [3.05, 3.63) is 82.8 Å². The highest BCUT2D eigenvalue weighted by Gasteiger charge is 2.48. The van der Waals surface area contributed by atoms with E-state index in [0.717, 1.165) is 0 Å². The van der Waals surface area contributed by atoms with Crippen LogP contribution in [0.3, 0.4) is 0 Å². The van der Waals surface area contributed by atoms with Crippen LogP contribution in [0, 0.1) is 0 Å². The molecule has 2 heterocycles. The molecule has 8 heteroatoms. The number of anilines is 1. The Kier molecular flexibility index (Phi) is 5.44. The first-order chi connectivity index (χ1) is 15.0. The maximum absolute atomic E-state index is 13.0. The number of ether oxygens (including phenoxy) is 2. The number of furan rings is 1. The maximum atomic E-state index is 13.0. The van der Waals surface area contributed by atoms with E-state index in [2.05, 4.69) is 0 Å². The molecule has 0 bridgehead atoms. The largest absolute Gasteiger partial charge is 0.507 e. The van der Waals surface area contributed by atoms with E-state index in [4.69, 9.17) is 25.5 Å². The van der Waals surface area contributed by atoms with Gasteiger partial charge in [0.1, 0.15) is 29.1 Å². The number of benzene rings is 2. The van der Waals surface area contributed by atoms with Gasteiger partial charge in [0.05, 0.1) is 31.1 Å². The number of halogens is 1. The summed E-state index contributed by atoms with van der Waals surface area (Å²) in [5, 5.41) is 11.3. The van der Waals surface area contributed by atoms with Crippen molar-refractivity contribution in [2.45, 2.75) is 6.04 Å². The van der Waals surface area contributed by atoms with Crippen LogP contribution in [0.25, 0.3) is 5.76 Å². The Labute approximate surface area is 183 Å². The Morgan fingerprint density at radius 1 is 1.06 bits per heavy atom. The van der Waals surface area contributed by atoms with Crippen LogP contribution in [-0.2, 0) is 9.59 Å².